The van der Waals surface area contributed by atoms with Gasteiger partial charge in [0.25, 0.3) is 0 Å². The van der Waals surface area contributed by atoms with Crippen LogP contribution in [0.25, 0.3) is 0 Å². The van der Waals surface area contributed by atoms with Crippen molar-refractivity contribution in [1.29, 1.82) is 0 Å². The molecule has 2 nitrogen and oxygen atoms in total. The van der Waals surface area contributed by atoms with Gasteiger partial charge < -0.3 is 5.32 Å². The van der Waals surface area contributed by atoms with Gasteiger partial charge in [0.1, 0.15) is 0 Å². The van der Waals surface area contributed by atoms with Crippen molar-refractivity contribution in [3.05, 3.63) is 0 Å². The van der Waals surface area contributed by atoms with Gasteiger partial charge in [-0.05, 0) is 32.6 Å². The molecule has 0 amide bonds. The second-order valence-electron chi connectivity index (χ2n) is 6.61. The lowest BCUT2D eigenvalue weighted by Gasteiger charge is -2.49. The van der Waals surface area contributed by atoms with Gasteiger partial charge in [-0.25, -0.2) is 0 Å². The monoisotopic (exact) mass is 268 g/mol. The van der Waals surface area contributed by atoms with Gasteiger partial charge in [0.05, 0.1) is 0 Å². The third-order valence-corrected chi connectivity index (χ3v) is 5.00. The Hall–Kier alpha value is -0.0800. The fourth-order valence-electron chi connectivity index (χ4n) is 3.36. The minimum Gasteiger partial charge on any atom is -0.309 e. The van der Waals surface area contributed by atoms with Crippen LogP contribution in [0.5, 0.6) is 0 Å². The zero-order valence-corrected chi connectivity index (χ0v) is 14.0. The molecule has 2 heteroatoms. The Morgan fingerprint density at radius 3 is 2.42 bits per heavy atom. The first kappa shape index (κ1) is 17.0. The van der Waals surface area contributed by atoms with Crippen LogP contribution in [0.3, 0.4) is 0 Å². The van der Waals surface area contributed by atoms with Gasteiger partial charge in [0, 0.05) is 30.7 Å². The van der Waals surface area contributed by atoms with Gasteiger partial charge in [-0.3, -0.25) is 4.90 Å². The molecule has 1 aliphatic rings. The van der Waals surface area contributed by atoms with Crippen LogP contribution in [0, 0.1) is 0 Å². The summed E-state index contributed by atoms with van der Waals surface area (Å²) in [5, 5.41) is 3.79. The second-order valence-corrected chi connectivity index (χ2v) is 6.61. The fraction of sp³-hybridized carbons (Fsp3) is 1.00. The van der Waals surface area contributed by atoms with Crippen molar-refractivity contribution >= 4 is 0 Å². The summed E-state index contributed by atoms with van der Waals surface area (Å²) in [7, 11) is 0. The maximum absolute atomic E-state index is 3.79. The SMILES string of the molecule is CCCCC(CCC)N1CC(C)(CC)NCC1CC. The van der Waals surface area contributed by atoms with E-state index < -0.39 is 0 Å². The summed E-state index contributed by atoms with van der Waals surface area (Å²) in [6.07, 6.45) is 9.29. The number of nitrogens with zero attached hydrogens (tertiary/aromatic N) is 1. The van der Waals surface area contributed by atoms with E-state index in [0.29, 0.717) is 5.54 Å². The highest BCUT2D eigenvalue weighted by atomic mass is 15.3. The first-order valence-corrected chi connectivity index (χ1v) is 8.60. The molecule has 1 heterocycles. The highest BCUT2D eigenvalue weighted by molar-refractivity contribution is 4.96. The maximum Gasteiger partial charge on any atom is 0.0278 e. The van der Waals surface area contributed by atoms with Gasteiger partial charge >= 0.3 is 0 Å². The summed E-state index contributed by atoms with van der Waals surface area (Å²) < 4.78 is 0. The molecule has 3 atom stereocenters. The Labute approximate surface area is 121 Å². The average molecular weight is 268 g/mol. The lowest BCUT2D eigenvalue weighted by Crippen LogP contribution is -2.64. The number of hydrogen-bond donors (Lipinski definition) is 1. The summed E-state index contributed by atoms with van der Waals surface area (Å²) in [6, 6.07) is 1.55. The number of nitrogens with one attached hydrogen (secondary N) is 1. The van der Waals surface area contributed by atoms with Crippen LogP contribution in [0.1, 0.15) is 79.6 Å². The number of rotatable bonds is 8. The molecule has 0 spiro atoms. The van der Waals surface area contributed by atoms with E-state index in [-0.39, 0.29) is 0 Å². The highest BCUT2D eigenvalue weighted by Crippen LogP contribution is 2.26. The van der Waals surface area contributed by atoms with Gasteiger partial charge in [-0.1, -0.05) is 47.0 Å². The predicted molar refractivity (Wildman–Crippen MR) is 85.7 cm³/mol. The molecule has 0 radical (unpaired) electrons. The van der Waals surface area contributed by atoms with Crippen LogP contribution in [0.4, 0.5) is 0 Å². The largest absolute Gasteiger partial charge is 0.309 e. The van der Waals surface area contributed by atoms with E-state index >= 15 is 0 Å². The minimum atomic E-state index is 0.323. The van der Waals surface area contributed by atoms with E-state index in [2.05, 4.69) is 44.8 Å². The Balaban J connectivity index is 2.74. The lowest BCUT2D eigenvalue weighted by atomic mass is 9.89. The summed E-state index contributed by atoms with van der Waals surface area (Å²) >= 11 is 0. The van der Waals surface area contributed by atoms with E-state index in [1.54, 1.807) is 0 Å². The molecule has 1 aliphatic heterocycles. The second kappa shape index (κ2) is 8.26. The summed E-state index contributed by atoms with van der Waals surface area (Å²) in [5.74, 6) is 0. The molecule has 1 saturated heterocycles. The Bertz CT molecular complexity index is 241. The van der Waals surface area contributed by atoms with Crippen molar-refractivity contribution < 1.29 is 0 Å². The number of piperazine rings is 1. The summed E-state index contributed by atoms with van der Waals surface area (Å²) in [6.45, 7) is 14.1. The molecular formula is C17H36N2. The van der Waals surface area contributed by atoms with E-state index in [9.17, 15) is 0 Å². The Morgan fingerprint density at radius 2 is 1.89 bits per heavy atom. The Morgan fingerprint density at radius 1 is 1.16 bits per heavy atom. The third-order valence-electron chi connectivity index (χ3n) is 5.00. The standard InChI is InChI=1S/C17H36N2/c1-6-10-12-16(11-7-2)19-14-17(5,9-4)18-13-15(19)8-3/h15-16,18H,6-14H2,1-5H3. The van der Waals surface area contributed by atoms with Gasteiger partial charge in [-0.15, -0.1) is 0 Å². The topological polar surface area (TPSA) is 15.3 Å². The van der Waals surface area contributed by atoms with Crippen LogP contribution in [-0.2, 0) is 0 Å². The van der Waals surface area contributed by atoms with Crippen molar-refractivity contribution in [3.8, 4) is 0 Å². The van der Waals surface area contributed by atoms with Gasteiger partial charge in [0.2, 0.25) is 0 Å². The van der Waals surface area contributed by atoms with Crippen LogP contribution < -0.4 is 5.32 Å². The van der Waals surface area contributed by atoms with Crippen molar-refractivity contribution in [3.63, 3.8) is 0 Å². The normalized spacial score (nSPS) is 30.5. The minimum absolute atomic E-state index is 0.323. The molecule has 0 bridgehead atoms. The Kier molecular flexibility index (Phi) is 7.38. The lowest BCUT2D eigenvalue weighted by molar-refractivity contribution is 0.0357. The molecular weight excluding hydrogens is 232 g/mol. The van der Waals surface area contributed by atoms with Crippen molar-refractivity contribution in [2.24, 2.45) is 0 Å². The quantitative estimate of drug-likeness (QED) is 0.710. The van der Waals surface area contributed by atoms with Crippen molar-refractivity contribution in [1.82, 2.24) is 10.2 Å². The van der Waals surface area contributed by atoms with Crippen molar-refractivity contribution in [2.45, 2.75) is 97.2 Å². The maximum atomic E-state index is 3.79. The van der Waals surface area contributed by atoms with Crippen LogP contribution in [0.2, 0.25) is 0 Å². The van der Waals surface area contributed by atoms with E-state index in [0.717, 1.165) is 12.1 Å². The molecule has 0 aromatic heterocycles. The highest BCUT2D eigenvalue weighted by Gasteiger charge is 2.36. The fourth-order valence-corrected chi connectivity index (χ4v) is 3.36. The first-order valence-electron chi connectivity index (χ1n) is 8.60. The molecule has 3 unspecified atom stereocenters. The van der Waals surface area contributed by atoms with E-state index in [1.165, 1.54) is 58.0 Å². The van der Waals surface area contributed by atoms with Crippen LogP contribution >= 0.6 is 0 Å². The molecule has 0 saturated carbocycles. The first-order chi connectivity index (χ1) is 9.10. The average Bonchev–Trinajstić information content (AvgIpc) is 2.43. The summed E-state index contributed by atoms with van der Waals surface area (Å²) in [5.41, 5.74) is 0.323. The van der Waals surface area contributed by atoms with Crippen molar-refractivity contribution in [2.75, 3.05) is 13.1 Å². The van der Waals surface area contributed by atoms with E-state index in [4.69, 9.17) is 0 Å². The zero-order valence-electron chi connectivity index (χ0n) is 14.0. The van der Waals surface area contributed by atoms with Crippen LogP contribution in [-0.4, -0.2) is 35.6 Å². The van der Waals surface area contributed by atoms with Gasteiger partial charge in [0.15, 0.2) is 0 Å². The molecule has 19 heavy (non-hydrogen) atoms. The third kappa shape index (κ3) is 4.75. The molecule has 1 rings (SSSR count). The molecule has 114 valence electrons. The molecule has 1 fully saturated rings. The summed E-state index contributed by atoms with van der Waals surface area (Å²) in [4.78, 5) is 2.85. The number of unbranched alkanes of at least 4 members (excludes halogenated alkanes) is 1. The molecule has 0 aromatic rings. The predicted octanol–water partition coefficient (Wildman–Crippen LogP) is 4.20. The zero-order chi connectivity index (χ0) is 14.3. The molecule has 1 N–H and O–H groups in total. The number of hydrogen-bond acceptors (Lipinski definition) is 2. The molecule has 0 aromatic carbocycles. The van der Waals surface area contributed by atoms with Crippen LogP contribution in [0.15, 0.2) is 0 Å². The molecule has 0 aliphatic carbocycles. The smallest absolute Gasteiger partial charge is 0.0278 e. The van der Waals surface area contributed by atoms with E-state index in [1.807, 2.05) is 0 Å². The van der Waals surface area contributed by atoms with Gasteiger partial charge in [-0.2, -0.15) is 0 Å².